The Kier molecular flexibility index (Phi) is 6.63. The summed E-state index contributed by atoms with van der Waals surface area (Å²) in [5.74, 6) is 1.24. The monoisotopic (exact) mass is 495 g/mol. The van der Waals surface area contributed by atoms with Crippen molar-refractivity contribution in [1.82, 2.24) is 19.7 Å². The summed E-state index contributed by atoms with van der Waals surface area (Å²) in [7, 11) is 1.57. The van der Waals surface area contributed by atoms with Gasteiger partial charge < -0.3 is 10.1 Å². The van der Waals surface area contributed by atoms with Crippen LogP contribution in [0.5, 0.6) is 5.75 Å². The number of amides is 1. The molecule has 0 unspecified atom stereocenters. The van der Waals surface area contributed by atoms with E-state index in [1.165, 1.54) is 11.8 Å². The molecular formula is C22H18BrN5O2S. The number of rotatable bonds is 7. The number of hydrogen-bond acceptors (Lipinski definition) is 6. The molecule has 1 amide bonds. The molecule has 0 aliphatic rings. The normalized spacial score (nSPS) is 10.6. The molecule has 156 valence electrons. The van der Waals surface area contributed by atoms with E-state index in [2.05, 4.69) is 36.4 Å². The van der Waals surface area contributed by atoms with E-state index in [0.717, 1.165) is 15.7 Å². The van der Waals surface area contributed by atoms with Gasteiger partial charge in [0.05, 0.1) is 18.6 Å². The Bertz CT molecular complexity index is 1190. The maximum absolute atomic E-state index is 12.6. The fourth-order valence-electron chi connectivity index (χ4n) is 2.95. The number of carbonyl (C=O) groups excluding carboxylic acids is 1. The molecule has 0 saturated carbocycles. The van der Waals surface area contributed by atoms with Crippen LogP contribution in [-0.2, 0) is 4.79 Å². The standard InChI is InChI=1S/C22H18BrN5O2S/c1-30-19-10-9-16(23)12-18(19)25-20(29)14-31-22-27-26-21(15-6-5-11-24-13-15)28(22)17-7-3-2-4-8-17/h2-13H,14H2,1H3,(H,25,29). The van der Waals surface area contributed by atoms with Crippen LogP contribution in [0, 0.1) is 0 Å². The minimum absolute atomic E-state index is 0.160. The number of carbonyl (C=O) groups is 1. The molecule has 0 saturated heterocycles. The van der Waals surface area contributed by atoms with Gasteiger partial charge in [0.15, 0.2) is 11.0 Å². The molecule has 0 atom stereocenters. The van der Waals surface area contributed by atoms with Crippen LogP contribution in [-0.4, -0.2) is 38.5 Å². The van der Waals surface area contributed by atoms with Crippen molar-refractivity contribution in [2.45, 2.75) is 5.16 Å². The van der Waals surface area contributed by atoms with Gasteiger partial charge in [-0.15, -0.1) is 10.2 Å². The number of pyridine rings is 1. The number of nitrogens with zero attached hydrogens (tertiary/aromatic N) is 4. The summed E-state index contributed by atoms with van der Waals surface area (Å²) in [4.78, 5) is 16.8. The molecular weight excluding hydrogens is 478 g/mol. The predicted octanol–water partition coefficient (Wildman–Crippen LogP) is 4.83. The number of methoxy groups -OCH3 is 1. The van der Waals surface area contributed by atoms with Crippen LogP contribution in [0.3, 0.4) is 0 Å². The molecule has 0 aliphatic heterocycles. The van der Waals surface area contributed by atoms with Crippen molar-refractivity contribution >= 4 is 39.3 Å². The first-order valence-corrected chi connectivity index (χ1v) is 11.1. The van der Waals surface area contributed by atoms with E-state index in [1.54, 1.807) is 31.6 Å². The highest BCUT2D eigenvalue weighted by atomic mass is 79.9. The van der Waals surface area contributed by atoms with Crippen LogP contribution in [0.15, 0.2) is 82.7 Å². The first kappa shape index (κ1) is 21.1. The number of nitrogens with one attached hydrogen (secondary N) is 1. The fraction of sp³-hybridized carbons (Fsp3) is 0.0909. The van der Waals surface area contributed by atoms with Gasteiger partial charge in [0.25, 0.3) is 0 Å². The Morgan fingerprint density at radius 2 is 1.97 bits per heavy atom. The Morgan fingerprint density at radius 1 is 1.13 bits per heavy atom. The first-order valence-electron chi connectivity index (χ1n) is 9.33. The lowest BCUT2D eigenvalue weighted by molar-refractivity contribution is -0.113. The van der Waals surface area contributed by atoms with E-state index in [0.29, 0.717) is 22.4 Å². The van der Waals surface area contributed by atoms with Crippen molar-refractivity contribution in [3.63, 3.8) is 0 Å². The zero-order valence-corrected chi connectivity index (χ0v) is 18.9. The quantitative estimate of drug-likeness (QED) is 0.369. The summed E-state index contributed by atoms with van der Waals surface area (Å²) in [6, 6.07) is 19.0. The lowest BCUT2D eigenvalue weighted by Crippen LogP contribution is -2.15. The van der Waals surface area contributed by atoms with Crippen LogP contribution in [0.25, 0.3) is 17.1 Å². The van der Waals surface area contributed by atoms with Crippen molar-refractivity contribution in [3.05, 3.63) is 77.5 Å². The van der Waals surface area contributed by atoms with E-state index < -0.39 is 0 Å². The van der Waals surface area contributed by atoms with Gasteiger partial charge in [-0.05, 0) is 42.5 Å². The lowest BCUT2D eigenvalue weighted by atomic mass is 10.2. The van der Waals surface area contributed by atoms with Crippen LogP contribution >= 0.6 is 27.7 Å². The van der Waals surface area contributed by atoms with Crippen molar-refractivity contribution in [1.29, 1.82) is 0 Å². The number of hydrogen-bond donors (Lipinski definition) is 1. The highest BCUT2D eigenvalue weighted by Gasteiger charge is 2.18. The van der Waals surface area contributed by atoms with Crippen molar-refractivity contribution in [3.8, 4) is 22.8 Å². The Morgan fingerprint density at radius 3 is 2.71 bits per heavy atom. The lowest BCUT2D eigenvalue weighted by Gasteiger charge is -2.11. The van der Waals surface area contributed by atoms with E-state index in [4.69, 9.17) is 4.74 Å². The topological polar surface area (TPSA) is 81.9 Å². The average Bonchev–Trinajstić information content (AvgIpc) is 3.23. The number of anilines is 1. The van der Waals surface area contributed by atoms with Gasteiger partial charge in [0.2, 0.25) is 5.91 Å². The summed E-state index contributed by atoms with van der Waals surface area (Å²) in [6.07, 6.45) is 3.45. The van der Waals surface area contributed by atoms with Gasteiger partial charge in [-0.3, -0.25) is 14.3 Å². The smallest absolute Gasteiger partial charge is 0.234 e. The summed E-state index contributed by atoms with van der Waals surface area (Å²) in [6.45, 7) is 0. The summed E-state index contributed by atoms with van der Waals surface area (Å²) in [5.41, 5.74) is 2.35. The third-order valence-corrected chi connectivity index (χ3v) is 5.76. The summed E-state index contributed by atoms with van der Waals surface area (Å²) in [5, 5.41) is 12.2. The molecule has 0 spiro atoms. The summed E-state index contributed by atoms with van der Waals surface area (Å²) >= 11 is 4.72. The average molecular weight is 496 g/mol. The van der Waals surface area contributed by atoms with Crippen molar-refractivity contribution in [2.24, 2.45) is 0 Å². The van der Waals surface area contributed by atoms with Gasteiger partial charge in [0.1, 0.15) is 5.75 Å². The highest BCUT2D eigenvalue weighted by Crippen LogP contribution is 2.30. The molecule has 4 rings (SSSR count). The molecule has 4 aromatic rings. The van der Waals surface area contributed by atoms with E-state index in [1.807, 2.05) is 53.1 Å². The third kappa shape index (κ3) is 4.95. The third-order valence-electron chi connectivity index (χ3n) is 4.34. The molecule has 31 heavy (non-hydrogen) atoms. The van der Waals surface area contributed by atoms with Crippen LogP contribution in [0.1, 0.15) is 0 Å². The largest absolute Gasteiger partial charge is 0.495 e. The number of aromatic nitrogens is 4. The molecule has 1 N–H and O–H groups in total. The summed E-state index contributed by atoms with van der Waals surface area (Å²) < 4.78 is 8.09. The fourth-order valence-corrected chi connectivity index (χ4v) is 4.06. The van der Waals surface area contributed by atoms with Crippen LogP contribution in [0.4, 0.5) is 5.69 Å². The first-order chi connectivity index (χ1) is 15.2. The SMILES string of the molecule is COc1ccc(Br)cc1NC(=O)CSc1nnc(-c2cccnc2)n1-c1ccccc1. The molecule has 0 aliphatic carbocycles. The van der Waals surface area contributed by atoms with Crippen LogP contribution < -0.4 is 10.1 Å². The highest BCUT2D eigenvalue weighted by molar-refractivity contribution is 9.10. The van der Waals surface area contributed by atoms with Crippen LogP contribution in [0.2, 0.25) is 0 Å². The molecule has 2 aromatic heterocycles. The van der Waals surface area contributed by atoms with E-state index in [-0.39, 0.29) is 11.7 Å². The molecule has 2 heterocycles. The van der Waals surface area contributed by atoms with Crippen molar-refractivity contribution in [2.75, 3.05) is 18.2 Å². The van der Waals surface area contributed by atoms with Gasteiger partial charge in [-0.1, -0.05) is 45.9 Å². The van der Waals surface area contributed by atoms with Crippen molar-refractivity contribution < 1.29 is 9.53 Å². The number of halogens is 1. The molecule has 9 heteroatoms. The molecule has 0 bridgehead atoms. The van der Waals surface area contributed by atoms with Gasteiger partial charge in [0, 0.05) is 28.1 Å². The maximum Gasteiger partial charge on any atom is 0.234 e. The molecule has 7 nitrogen and oxygen atoms in total. The Labute approximate surface area is 192 Å². The zero-order valence-electron chi connectivity index (χ0n) is 16.5. The predicted molar refractivity (Wildman–Crippen MR) is 125 cm³/mol. The molecule has 0 radical (unpaired) electrons. The van der Waals surface area contributed by atoms with E-state index >= 15 is 0 Å². The second-order valence-corrected chi connectivity index (χ2v) is 8.26. The van der Waals surface area contributed by atoms with Gasteiger partial charge in [-0.25, -0.2) is 0 Å². The second-order valence-electron chi connectivity index (χ2n) is 6.40. The minimum atomic E-state index is -0.174. The number of para-hydroxylation sites is 1. The molecule has 0 fully saturated rings. The zero-order chi connectivity index (χ0) is 21.6. The number of benzene rings is 2. The minimum Gasteiger partial charge on any atom is -0.495 e. The Hall–Kier alpha value is -3.17. The molecule has 2 aromatic carbocycles. The van der Waals surface area contributed by atoms with Gasteiger partial charge in [-0.2, -0.15) is 0 Å². The number of ether oxygens (including phenoxy) is 1. The van der Waals surface area contributed by atoms with Gasteiger partial charge >= 0.3 is 0 Å². The van der Waals surface area contributed by atoms with E-state index in [9.17, 15) is 4.79 Å². The maximum atomic E-state index is 12.6. The Balaban J connectivity index is 1.57. The second kappa shape index (κ2) is 9.76. The number of thioether (sulfide) groups is 1.